The predicted octanol–water partition coefficient (Wildman–Crippen LogP) is 5.68. The molecule has 218 valence electrons. The molecule has 0 amide bonds. The monoisotopic (exact) mass is 570 g/mol. The first-order valence-electron chi connectivity index (χ1n) is 15.0. The van der Waals surface area contributed by atoms with E-state index in [1.807, 2.05) is 24.3 Å². The largest absolute Gasteiger partial charge is 0.462 e. The van der Waals surface area contributed by atoms with E-state index in [4.69, 9.17) is 14.7 Å². The van der Waals surface area contributed by atoms with Crippen LogP contribution in [0.25, 0.3) is 10.8 Å². The number of nitrogens with zero attached hydrogens (tertiary/aromatic N) is 6. The van der Waals surface area contributed by atoms with E-state index in [0.717, 1.165) is 46.7 Å². The van der Waals surface area contributed by atoms with E-state index in [1.54, 1.807) is 12.3 Å². The Kier molecular flexibility index (Phi) is 7.14. The first-order valence-corrected chi connectivity index (χ1v) is 15.0. The van der Waals surface area contributed by atoms with Crippen molar-refractivity contribution in [3.05, 3.63) is 82.8 Å². The molecule has 0 unspecified atom stereocenters. The number of likely N-dealkylation sites (N-methyl/N-ethyl adjacent to an activating group) is 1. The van der Waals surface area contributed by atoms with Gasteiger partial charge in [0.25, 0.3) is 0 Å². The van der Waals surface area contributed by atoms with E-state index < -0.39 is 0 Å². The molecule has 3 aliphatic heterocycles. The van der Waals surface area contributed by atoms with E-state index in [0.29, 0.717) is 62.1 Å². The summed E-state index contributed by atoms with van der Waals surface area (Å²) in [6.45, 7) is 5.35. The summed E-state index contributed by atoms with van der Waals surface area (Å²) in [5, 5.41) is 1.50. The Morgan fingerprint density at radius 1 is 0.952 bits per heavy atom. The third kappa shape index (κ3) is 4.93. The fourth-order valence-electron chi connectivity index (χ4n) is 6.85. The normalized spacial score (nSPS) is 20.9. The van der Waals surface area contributed by atoms with E-state index in [9.17, 15) is 4.39 Å². The summed E-state index contributed by atoms with van der Waals surface area (Å²) in [6, 6.07) is 11.9. The van der Waals surface area contributed by atoms with Crippen molar-refractivity contribution in [2.45, 2.75) is 64.2 Å². The molecule has 0 bridgehead atoms. The van der Waals surface area contributed by atoms with Gasteiger partial charge in [0.15, 0.2) is 0 Å². The van der Waals surface area contributed by atoms with Gasteiger partial charge in [-0.05, 0) is 69.3 Å². The van der Waals surface area contributed by atoms with E-state index >= 15 is 4.39 Å². The third-order valence-electron chi connectivity index (χ3n) is 9.26. The van der Waals surface area contributed by atoms with E-state index in [2.05, 4.69) is 33.7 Å². The predicted molar refractivity (Wildman–Crippen MR) is 160 cm³/mol. The van der Waals surface area contributed by atoms with Crippen LogP contribution in [-0.4, -0.2) is 58.7 Å². The Morgan fingerprint density at radius 2 is 1.81 bits per heavy atom. The van der Waals surface area contributed by atoms with Crippen LogP contribution in [0.3, 0.4) is 0 Å². The highest BCUT2D eigenvalue weighted by Crippen LogP contribution is 2.37. The van der Waals surface area contributed by atoms with Crippen LogP contribution >= 0.6 is 0 Å². The van der Waals surface area contributed by atoms with Crippen molar-refractivity contribution in [1.82, 2.24) is 19.9 Å². The van der Waals surface area contributed by atoms with Crippen molar-refractivity contribution in [2.24, 2.45) is 0 Å². The van der Waals surface area contributed by atoms with Crippen LogP contribution in [0.1, 0.15) is 48.6 Å². The average Bonchev–Trinajstić information content (AvgIpc) is 3.00. The minimum atomic E-state index is -0.284. The molecule has 42 heavy (non-hydrogen) atoms. The summed E-state index contributed by atoms with van der Waals surface area (Å²) in [6.07, 6.45) is 7.92. The zero-order chi connectivity index (χ0) is 28.8. The van der Waals surface area contributed by atoms with Crippen LogP contribution in [0.4, 0.5) is 20.3 Å². The van der Waals surface area contributed by atoms with E-state index in [-0.39, 0.29) is 17.7 Å². The zero-order valence-electron chi connectivity index (χ0n) is 24.2. The number of ether oxygens (including phenoxy) is 1. The molecule has 1 saturated heterocycles. The molecular formula is C33H36F2N6O. The maximum absolute atomic E-state index is 15.1. The van der Waals surface area contributed by atoms with Gasteiger partial charge >= 0.3 is 6.01 Å². The van der Waals surface area contributed by atoms with Gasteiger partial charge in [0, 0.05) is 53.6 Å². The highest BCUT2D eigenvalue weighted by Gasteiger charge is 2.32. The number of likely N-dealkylation sites (tertiary alicyclic amines) is 1. The molecule has 4 aromatic rings. The fraction of sp³-hybridized carbons (Fsp3) is 0.424. The molecule has 7 rings (SSSR count). The topological polar surface area (TPSA) is 57.6 Å². The van der Waals surface area contributed by atoms with Crippen LogP contribution in [0.15, 0.2) is 48.8 Å². The maximum Gasteiger partial charge on any atom is 0.318 e. The summed E-state index contributed by atoms with van der Waals surface area (Å²) in [4.78, 5) is 20.8. The molecule has 9 heteroatoms. The van der Waals surface area contributed by atoms with Gasteiger partial charge in [0.1, 0.15) is 24.1 Å². The van der Waals surface area contributed by atoms with Gasteiger partial charge in [-0.15, -0.1) is 0 Å². The maximum atomic E-state index is 15.1. The highest BCUT2D eigenvalue weighted by atomic mass is 19.1. The number of pyridine rings is 1. The lowest BCUT2D eigenvalue weighted by Gasteiger charge is -2.39. The van der Waals surface area contributed by atoms with Crippen molar-refractivity contribution < 1.29 is 13.5 Å². The minimum absolute atomic E-state index is 0.0996. The lowest BCUT2D eigenvalue weighted by Crippen LogP contribution is -2.42. The summed E-state index contributed by atoms with van der Waals surface area (Å²) in [5.74, 6) is 0.300. The SMILES string of the molecule is C[C@H]1Cc2cncc(F)c2CN1c1nc(OC[C@@H]2CCCCN2C)nc2c1CCN(c1cccc3cccc(F)c13)C2. The van der Waals surface area contributed by atoms with Crippen molar-refractivity contribution in [3.8, 4) is 6.01 Å². The molecule has 2 atom stereocenters. The molecule has 0 radical (unpaired) electrons. The summed E-state index contributed by atoms with van der Waals surface area (Å²) in [5.41, 5.74) is 4.41. The Morgan fingerprint density at radius 3 is 2.67 bits per heavy atom. The lowest BCUT2D eigenvalue weighted by molar-refractivity contribution is 0.119. The number of hydrogen-bond acceptors (Lipinski definition) is 7. The molecule has 3 aliphatic rings. The number of fused-ring (bicyclic) bond motifs is 3. The zero-order valence-corrected chi connectivity index (χ0v) is 24.2. The Bertz CT molecular complexity index is 1620. The number of aromatic nitrogens is 3. The number of hydrogen-bond donors (Lipinski definition) is 0. The summed E-state index contributed by atoms with van der Waals surface area (Å²) < 4.78 is 36.3. The number of benzene rings is 2. The highest BCUT2D eigenvalue weighted by molar-refractivity contribution is 5.95. The van der Waals surface area contributed by atoms with Crippen LogP contribution in [0, 0.1) is 11.6 Å². The molecule has 0 spiro atoms. The minimum Gasteiger partial charge on any atom is -0.462 e. The molecule has 2 aromatic heterocycles. The second-order valence-electron chi connectivity index (χ2n) is 11.9. The van der Waals surface area contributed by atoms with Crippen molar-refractivity contribution in [3.63, 3.8) is 0 Å². The number of anilines is 2. The first-order chi connectivity index (χ1) is 20.5. The molecule has 0 N–H and O–H groups in total. The van der Waals surface area contributed by atoms with Crippen molar-refractivity contribution in [1.29, 1.82) is 0 Å². The number of halogens is 2. The van der Waals surface area contributed by atoms with E-state index in [1.165, 1.54) is 25.1 Å². The molecule has 1 fully saturated rings. The van der Waals surface area contributed by atoms with Crippen LogP contribution < -0.4 is 14.5 Å². The van der Waals surface area contributed by atoms with Gasteiger partial charge in [-0.1, -0.05) is 30.7 Å². The number of rotatable bonds is 5. The quantitative estimate of drug-likeness (QED) is 0.306. The Labute approximate surface area is 245 Å². The van der Waals surface area contributed by atoms with Gasteiger partial charge in [0.2, 0.25) is 0 Å². The number of piperidine rings is 1. The second kappa shape index (κ2) is 11.1. The van der Waals surface area contributed by atoms with Crippen LogP contribution in [0.2, 0.25) is 0 Å². The molecule has 7 nitrogen and oxygen atoms in total. The molecule has 0 aliphatic carbocycles. The molecule has 0 saturated carbocycles. The van der Waals surface area contributed by atoms with Crippen LogP contribution in [-0.2, 0) is 25.9 Å². The average molecular weight is 571 g/mol. The molecular weight excluding hydrogens is 534 g/mol. The second-order valence-corrected chi connectivity index (χ2v) is 11.9. The van der Waals surface area contributed by atoms with Crippen molar-refractivity contribution >= 4 is 22.3 Å². The Balaban J connectivity index is 1.26. The Hall–Kier alpha value is -3.85. The molecule has 2 aromatic carbocycles. The summed E-state index contributed by atoms with van der Waals surface area (Å²) >= 11 is 0. The smallest absolute Gasteiger partial charge is 0.318 e. The van der Waals surface area contributed by atoms with Gasteiger partial charge in [0.05, 0.1) is 18.4 Å². The van der Waals surface area contributed by atoms with Crippen molar-refractivity contribution in [2.75, 3.05) is 36.5 Å². The standard InChI is InChI=1S/C33H36F2N6O/c1-21-15-23-16-36-17-28(35)26(23)18-41(21)32-25-12-14-40(30-11-6-8-22-7-5-10-27(34)31(22)30)19-29(25)37-33(38-32)42-20-24-9-3-4-13-39(24)2/h5-8,10-11,16-17,21,24H,3-4,9,12-15,18-20H2,1-2H3/t21-,24-/m0/s1. The fourth-order valence-corrected chi connectivity index (χ4v) is 6.85. The third-order valence-corrected chi connectivity index (χ3v) is 9.26. The lowest BCUT2D eigenvalue weighted by atomic mass is 9.95. The summed E-state index contributed by atoms with van der Waals surface area (Å²) in [7, 11) is 2.14. The van der Waals surface area contributed by atoms with Gasteiger partial charge < -0.3 is 19.4 Å². The van der Waals surface area contributed by atoms with Gasteiger partial charge in [-0.3, -0.25) is 4.98 Å². The van der Waals surface area contributed by atoms with Crippen LogP contribution in [0.5, 0.6) is 6.01 Å². The van der Waals surface area contributed by atoms with Gasteiger partial charge in [-0.25, -0.2) is 8.78 Å². The van der Waals surface area contributed by atoms with Gasteiger partial charge in [-0.2, -0.15) is 9.97 Å². The molecule has 5 heterocycles. The first kappa shape index (κ1) is 27.0.